The van der Waals surface area contributed by atoms with E-state index >= 15 is 0 Å². The topological polar surface area (TPSA) is 68.2 Å². The van der Waals surface area contributed by atoms with Crippen LogP contribution in [0.2, 0.25) is 0 Å². The molecule has 1 aliphatic rings. The fraction of sp³-hybridized carbons (Fsp3) is 0.357. The predicted molar refractivity (Wildman–Crippen MR) is 70.9 cm³/mol. The van der Waals surface area contributed by atoms with Gasteiger partial charge in [0.25, 0.3) is 0 Å². The highest BCUT2D eigenvalue weighted by Crippen LogP contribution is 2.17. The van der Waals surface area contributed by atoms with Crippen molar-refractivity contribution in [2.45, 2.75) is 25.3 Å². The first-order valence-corrected chi connectivity index (χ1v) is 6.26. The number of allylic oxidation sites excluding steroid dienone is 1. The number of hydrogen-bond donors (Lipinski definition) is 1. The molecule has 19 heavy (non-hydrogen) atoms. The molecule has 1 aromatic heterocycles. The third kappa shape index (κ3) is 3.40. The predicted octanol–water partition coefficient (Wildman–Crippen LogP) is 0.793. The van der Waals surface area contributed by atoms with Gasteiger partial charge < -0.3 is 9.88 Å². The molecule has 1 heterocycles. The summed E-state index contributed by atoms with van der Waals surface area (Å²) in [6.45, 7) is 0. The lowest BCUT2D eigenvalue weighted by Crippen LogP contribution is -2.38. The van der Waals surface area contributed by atoms with Crippen LogP contribution in [0.4, 0.5) is 0 Å². The van der Waals surface area contributed by atoms with E-state index in [1.165, 1.54) is 35.0 Å². The van der Waals surface area contributed by atoms with Gasteiger partial charge in [-0.15, -0.1) is 0 Å². The first kappa shape index (κ1) is 13.3. The Kier molecular flexibility index (Phi) is 3.94. The van der Waals surface area contributed by atoms with E-state index in [0.717, 1.165) is 19.3 Å². The number of carbonyl (C=O) groups is 2. The highest BCUT2D eigenvalue weighted by molar-refractivity contribution is 6.07. The van der Waals surface area contributed by atoms with Crippen molar-refractivity contribution in [3.8, 4) is 0 Å². The first-order valence-electron chi connectivity index (χ1n) is 6.26. The molecule has 1 fully saturated rings. The van der Waals surface area contributed by atoms with E-state index in [2.05, 4.69) is 5.32 Å². The summed E-state index contributed by atoms with van der Waals surface area (Å²) >= 11 is 0. The largest absolute Gasteiger partial charge is 0.350 e. The van der Waals surface area contributed by atoms with E-state index in [1.807, 2.05) is 0 Å². The van der Waals surface area contributed by atoms with Crippen molar-refractivity contribution in [3.63, 3.8) is 0 Å². The third-order valence-corrected chi connectivity index (χ3v) is 3.21. The summed E-state index contributed by atoms with van der Waals surface area (Å²) in [5.41, 5.74) is 0.207. The van der Waals surface area contributed by atoms with Gasteiger partial charge in [0.15, 0.2) is 5.78 Å². The standard InChI is InChI=1S/C14H16N2O3/c1-16-9-10(5-8-14(16)19)12(17)6-7-13(18)15-11-3-2-4-11/h5-9,11H,2-4H2,1H3,(H,15,18)/b7-6+. The molecule has 5 nitrogen and oxygen atoms in total. The zero-order valence-corrected chi connectivity index (χ0v) is 10.8. The summed E-state index contributed by atoms with van der Waals surface area (Å²) < 4.78 is 1.33. The molecule has 0 unspecified atom stereocenters. The van der Waals surface area contributed by atoms with Gasteiger partial charge in [0.2, 0.25) is 11.5 Å². The third-order valence-electron chi connectivity index (χ3n) is 3.21. The minimum atomic E-state index is -0.292. The number of aryl methyl sites for hydroxylation is 1. The van der Waals surface area contributed by atoms with Gasteiger partial charge in [-0.2, -0.15) is 0 Å². The maximum Gasteiger partial charge on any atom is 0.250 e. The van der Waals surface area contributed by atoms with Crippen molar-refractivity contribution < 1.29 is 9.59 Å². The van der Waals surface area contributed by atoms with Crippen molar-refractivity contribution in [2.24, 2.45) is 7.05 Å². The highest BCUT2D eigenvalue weighted by Gasteiger charge is 2.18. The maximum atomic E-state index is 11.8. The van der Waals surface area contributed by atoms with Crippen molar-refractivity contribution >= 4 is 11.7 Å². The smallest absolute Gasteiger partial charge is 0.250 e. The quantitative estimate of drug-likeness (QED) is 0.643. The lowest BCUT2D eigenvalue weighted by atomic mass is 9.93. The second-order valence-electron chi connectivity index (χ2n) is 4.70. The van der Waals surface area contributed by atoms with Crippen molar-refractivity contribution in [1.82, 2.24) is 9.88 Å². The summed E-state index contributed by atoms with van der Waals surface area (Å²) in [7, 11) is 1.58. The molecule has 1 saturated carbocycles. The molecule has 0 aliphatic heterocycles. The Balaban J connectivity index is 1.97. The number of hydrogen-bond acceptors (Lipinski definition) is 3. The molecule has 0 bridgehead atoms. The van der Waals surface area contributed by atoms with E-state index in [0.29, 0.717) is 5.56 Å². The van der Waals surface area contributed by atoms with Gasteiger partial charge in [-0.3, -0.25) is 14.4 Å². The number of nitrogens with zero attached hydrogens (tertiary/aromatic N) is 1. The summed E-state index contributed by atoms with van der Waals surface area (Å²) in [5.74, 6) is -0.540. The van der Waals surface area contributed by atoms with Gasteiger partial charge in [-0.05, 0) is 31.4 Å². The number of ketones is 1. The van der Waals surface area contributed by atoms with Crippen LogP contribution in [0.3, 0.4) is 0 Å². The van der Waals surface area contributed by atoms with Crippen molar-refractivity contribution in [1.29, 1.82) is 0 Å². The molecule has 0 radical (unpaired) electrons. The zero-order chi connectivity index (χ0) is 13.8. The molecule has 0 atom stereocenters. The average molecular weight is 260 g/mol. The minimum Gasteiger partial charge on any atom is -0.350 e. The number of rotatable bonds is 4. The van der Waals surface area contributed by atoms with E-state index in [4.69, 9.17) is 0 Å². The number of amides is 1. The summed E-state index contributed by atoms with van der Waals surface area (Å²) in [6.07, 6.45) is 7.09. The summed E-state index contributed by atoms with van der Waals surface area (Å²) in [6, 6.07) is 3.04. The number of carbonyl (C=O) groups excluding carboxylic acids is 2. The molecule has 0 spiro atoms. The van der Waals surface area contributed by atoms with Crippen LogP contribution in [0.15, 0.2) is 35.3 Å². The van der Waals surface area contributed by atoms with E-state index in [9.17, 15) is 14.4 Å². The fourth-order valence-electron chi connectivity index (χ4n) is 1.79. The normalized spacial score (nSPS) is 15.2. The van der Waals surface area contributed by atoms with Gasteiger partial charge >= 0.3 is 0 Å². The maximum absolute atomic E-state index is 11.8. The first-order chi connectivity index (χ1) is 9.06. The Morgan fingerprint density at radius 3 is 2.63 bits per heavy atom. The second-order valence-corrected chi connectivity index (χ2v) is 4.70. The molecule has 2 rings (SSSR count). The molecule has 5 heteroatoms. The molecule has 1 aromatic rings. The monoisotopic (exact) mass is 260 g/mol. The molecule has 0 saturated heterocycles. The Morgan fingerprint density at radius 2 is 2.05 bits per heavy atom. The SMILES string of the molecule is Cn1cc(C(=O)/C=C/C(=O)NC2CCC2)ccc1=O. The lowest BCUT2D eigenvalue weighted by Gasteiger charge is -2.25. The number of nitrogens with one attached hydrogen (secondary N) is 1. The van der Waals surface area contributed by atoms with E-state index < -0.39 is 0 Å². The molecule has 1 amide bonds. The van der Waals surface area contributed by atoms with Crippen molar-refractivity contribution in [3.05, 3.63) is 46.4 Å². The lowest BCUT2D eigenvalue weighted by molar-refractivity contribution is -0.117. The van der Waals surface area contributed by atoms with Crippen LogP contribution < -0.4 is 10.9 Å². The summed E-state index contributed by atoms with van der Waals surface area (Å²) in [4.78, 5) is 34.5. The van der Waals surface area contributed by atoms with Gasteiger partial charge in [0.1, 0.15) is 0 Å². The van der Waals surface area contributed by atoms with E-state index in [1.54, 1.807) is 7.05 Å². The molecular weight excluding hydrogens is 244 g/mol. The van der Waals surface area contributed by atoms with Crippen LogP contribution in [-0.2, 0) is 11.8 Å². The van der Waals surface area contributed by atoms with Crippen LogP contribution >= 0.6 is 0 Å². The summed E-state index contributed by atoms with van der Waals surface area (Å²) in [5, 5.41) is 2.81. The Labute approximate surface area is 110 Å². The Bertz CT molecular complexity index is 583. The highest BCUT2D eigenvalue weighted by atomic mass is 16.2. The fourth-order valence-corrected chi connectivity index (χ4v) is 1.79. The molecular formula is C14H16N2O3. The number of aromatic nitrogens is 1. The zero-order valence-electron chi connectivity index (χ0n) is 10.8. The van der Waals surface area contributed by atoms with Gasteiger partial charge in [-0.1, -0.05) is 0 Å². The van der Waals surface area contributed by atoms with Gasteiger partial charge in [0, 0.05) is 37.0 Å². The molecule has 1 N–H and O–H groups in total. The Hall–Kier alpha value is -2.17. The average Bonchev–Trinajstić information content (AvgIpc) is 2.34. The van der Waals surface area contributed by atoms with Crippen molar-refractivity contribution in [2.75, 3.05) is 0 Å². The van der Waals surface area contributed by atoms with Crippen LogP contribution in [0, 0.1) is 0 Å². The van der Waals surface area contributed by atoms with E-state index in [-0.39, 0.29) is 23.3 Å². The van der Waals surface area contributed by atoms with Crippen LogP contribution in [0.1, 0.15) is 29.6 Å². The second kappa shape index (κ2) is 5.65. The molecule has 1 aliphatic carbocycles. The molecule has 100 valence electrons. The molecule has 0 aromatic carbocycles. The Morgan fingerprint density at radius 1 is 1.32 bits per heavy atom. The van der Waals surface area contributed by atoms with Gasteiger partial charge in [0.05, 0.1) is 0 Å². The van der Waals surface area contributed by atoms with Gasteiger partial charge in [-0.25, -0.2) is 0 Å². The van der Waals surface area contributed by atoms with Crippen LogP contribution in [0.25, 0.3) is 0 Å². The minimum absolute atomic E-state index is 0.178. The number of pyridine rings is 1. The van der Waals surface area contributed by atoms with Crippen LogP contribution in [-0.4, -0.2) is 22.3 Å². The van der Waals surface area contributed by atoms with Crippen LogP contribution in [0.5, 0.6) is 0 Å².